The third-order valence-corrected chi connectivity index (χ3v) is 3.76. The van der Waals surface area contributed by atoms with Gasteiger partial charge in [-0.25, -0.2) is 4.98 Å². The molecule has 1 aliphatic rings. The maximum Gasteiger partial charge on any atom is 0.277 e. The summed E-state index contributed by atoms with van der Waals surface area (Å²) in [5.74, 6) is 3.47. The molecule has 1 saturated carbocycles. The molecule has 102 valence electrons. The van der Waals surface area contributed by atoms with Crippen molar-refractivity contribution in [2.75, 3.05) is 0 Å². The lowest BCUT2D eigenvalue weighted by Crippen LogP contribution is -2.09. The molecule has 0 amide bonds. The number of hydrogen-bond acceptors (Lipinski definition) is 6. The van der Waals surface area contributed by atoms with Gasteiger partial charge in [-0.1, -0.05) is 32.5 Å². The fraction of sp³-hybridized carbons (Fsp3) is 0.615. The van der Waals surface area contributed by atoms with Crippen LogP contribution in [0.3, 0.4) is 0 Å². The predicted octanol–water partition coefficient (Wildman–Crippen LogP) is 3.52. The second-order valence-electron chi connectivity index (χ2n) is 5.84. The van der Waals surface area contributed by atoms with Crippen LogP contribution in [0.4, 0.5) is 0 Å². The van der Waals surface area contributed by atoms with Crippen molar-refractivity contribution in [3.63, 3.8) is 0 Å². The minimum absolute atomic E-state index is 0.0143. The van der Waals surface area contributed by atoms with Gasteiger partial charge in [0.05, 0.1) is 11.9 Å². The highest BCUT2D eigenvalue weighted by molar-refractivity contribution is 7.98. The average Bonchev–Trinajstić information content (AvgIpc) is 2.91. The third kappa shape index (κ3) is 3.00. The monoisotopic (exact) mass is 279 g/mol. The SMILES string of the molecule is CC(C)(C)c1cnc(CSc2nnc(C3CC3)o2)o1. The second kappa shape index (κ2) is 4.67. The van der Waals surface area contributed by atoms with Gasteiger partial charge in [0.1, 0.15) is 5.76 Å². The second-order valence-corrected chi connectivity index (χ2v) is 6.76. The molecule has 0 aromatic carbocycles. The van der Waals surface area contributed by atoms with E-state index in [1.165, 1.54) is 24.6 Å². The van der Waals surface area contributed by atoms with Gasteiger partial charge in [-0.3, -0.25) is 0 Å². The van der Waals surface area contributed by atoms with Crippen LogP contribution >= 0.6 is 11.8 Å². The van der Waals surface area contributed by atoms with E-state index in [0.717, 1.165) is 11.7 Å². The first-order valence-corrected chi connectivity index (χ1v) is 7.42. The third-order valence-electron chi connectivity index (χ3n) is 2.96. The molecular formula is C13H17N3O2S. The molecule has 2 aromatic rings. The highest BCUT2D eigenvalue weighted by Gasteiger charge is 2.29. The van der Waals surface area contributed by atoms with Gasteiger partial charge < -0.3 is 8.83 Å². The molecule has 0 bridgehead atoms. The summed E-state index contributed by atoms with van der Waals surface area (Å²) in [5, 5.41) is 8.67. The molecule has 19 heavy (non-hydrogen) atoms. The van der Waals surface area contributed by atoms with Crippen LogP contribution in [0.15, 0.2) is 20.3 Å². The lowest BCUT2D eigenvalue weighted by molar-refractivity contribution is 0.389. The topological polar surface area (TPSA) is 65.0 Å². The lowest BCUT2D eigenvalue weighted by atomic mass is 9.94. The number of nitrogens with zero attached hydrogens (tertiary/aromatic N) is 3. The van der Waals surface area contributed by atoms with Gasteiger partial charge >= 0.3 is 0 Å². The van der Waals surface area contributed by atoms with Gasteiger partial charge in [-0.2, -0.15) is 0 Å². The van der Waals surface area contributed by atoms with Crippen molar-refractivity contribution in [2.24, 2.45) is 0 Å². The van der Waals surface area contributed by atoms with Crippen molar-refractivity contribution in [1.82, 2.24) is 15.2 Å². The molecular weight excluding hydrogens is 262 g/mol. The van der Waals surface area contributed by atoms with E-state index in [1.807, 2.05) is 0 Å². The Morgan fingerprint density at radius 2 is 2.05 bits per heavy atom. The van der Waals surface area contributed by atoms with E-state index < -0.39 is 0 Å². The quantitative estimate of drug-likeness (QED) is 0.798. The van der Waals surface area contributed by atoms with Crippen molar-refractivity contribution in [3.8, 4) is 0 Å². The molecule has 0 unspecified atom stereocenters. The number of aromatic nitrogens is 3. The summed E-state index contributed by atoms with van der Waals surface area (Å²) in [7, 11) is 0. The van der Waals surface area contributed by atoms with Gasteiger partial charge in [0.25, 0.3) is 5.22 Å². The Balaban J connectivity index is 1.60. The Labute approximate surface area is 116 Å². The number of thioether (sulfide) groups is 1. The zero-order chi connectivity index (χ0) is 13.5. The summed E-state index contributed by atoms with van der Waals surface area (Å²) < 4.78 is 11.3. The Morgan fingerprint density at radius 3 is 2.68 bits per heavy atom. The first-order valence-electron chi connectivity index (χ1n) is 6.44. The summed E-state index contributed by atoms with van der Waals surface area (Å²) in [4.78, 5) is 4.27. The van der Waals surface area contributed by atoms with Gasteiger partial charge in [-0.05, 0) is 12.8 Å². The van der Waals surface area contributed by atoms with Crippen molar-refractivity contribution in [3.05, 3.63) is 23.7 Å². The van der Waals surface area contributed by atoms with Crippen LogP contribution in [-0.4, -0.2) is 15.2 Å². The van der Waals surface area contributed by atoms with Gasteiger partial charge in [0, 0.05) is 11.3 Å². The van der Waals surface area contributed by atoms with Crippen LogP contribution in [0, 0.1) is 0 Å². The van der Waals surface area contributed by atoms with Crippen LogP contribution < -0.4 is 0 Å². The van der Waals surface area contributed by atoms with Crippen molar-refractivity contribution in [2.45, 2.75) is 55.9 Å². The van der Waals surface area contributed by atoms with E-state index in [1.54, 1.807) is 6.20 Å². The number of rotatable bonds is 4. The van der Waals surface area contributed by atoms with E-state index in [-0.39, 0.29) is 5.41 Å². The summed E-state index contributed by atoms with van der Waals surface area (Å²) in [6.07, 6.45) is 4.13. The maximum atomic E-state index is 5.71. The summed E-state index contributed by atoms with van der Waals surface area (Å²) in [5.41, 5.74) is -0.0143. The smallest absolute Gasteiger partial charge is 0.277 e. The fourth-order valence-electron chi connectivity index (χ4n) is 1.62. The molecule has 1 aliphatic carbocycles. The molecule has 0 N–H and O–H groups in total. The van der Waals surface area contributed by atoms with Crippen molar-refractivity contribution < 1.29 is 8.83 Å². The standard InChI is InChI=1S/C13H17N3O2S/c1-13(2,3)9-6-14-10(17-9)7-19-12-16-15-11(18-12)8-4-5-8/h6,8H,4-5,7H2,1-3H3. The van der Waals surface area contributed by atoms with E-state index in [2.05, 4.69) is 36.0 Å². The Bertz CT molecular complexity index is 566. The molecule has 5 nitrogen and oxygen atoms in total. The molecule has 2 heterocycles. The van der Waals surface area contributed by atoms with Crippen molar-refractivity contribution >= 4 is 11.8 Å². The molecule has 0 spiro atoms. The van der Waals surface area contributed by atoms with Crippen LogP contribution in [-0.2, 0) is 11.2 Å². The predicted molar refractivity (Wildman–Crippen MR) is 71.0 cm³/mol. The Hall–Kier alpha value is -1.30. The van der Waals surface area contributed by atoms with E-state index in [4.69, 9.17) is 8.83 Å². The molecule has 0 aliphatic heterocycles. The largest absolute Gasteiger partial charge is 0.444 e. The van der Waals surface area contributed by atoms with Gasteiger partial charge in [0.2, 0.25) is 11.8 Å². The fourth-order valence-corrected chi connectivity index (χ4v) is 2.24. The summed E-state index contributed by atoms with van der Waals surface area (Å²) in [6.45, 7) is 6.30. The zero-order valence-corrected chi connectivity index (χ0v) is 12.2. The normalized spacial score (nSPS) is 15.9. The first-order chi connectivity index (χ1) is 9.02. The van der Waals surface area contributed by atoms with Crippen LogP contribution in [0.1, 0.15) is 57.1 Å². The number of oxazole rings is 1. The van der Waals surface area contributed by atoms with Crippen LogP contribution in [0.25, 0.3) is 0 Å². The molecule has 2 aromatic heterocycles. The lowest BCUT2D eigenvalue weighted by Gasteiger charge is -2.12. The molecule has 3 rings (SSSR count). The molecule has 6 heteroatoms. The first kappa shape index (κ1) is 12.7. The van der Waals surface area contributed by atoms with Crippen LogP contribution in [0.2, 0.25) is 0 Å². The highest BCUT2D eigenvalue weighted by atomic mass is 32.2. The van der Waals surface area contributed by atoms with E-state index in [9.17, 15) is 0 Å². The molecule has 0 radical (unpaired) electrons. The minimum atomic E-state index is -0.0143. The summed E-state index contributed by atoms with van der Waals surface area (Å²) >= 11 is 1.47. The number of hydrogen-bond donors (Lipinski definition) is 0. The average molecular weight is 279 g/mol. The maximum absolute atomic E-state index is 5.71. The van der Waals surface area contributed by atoms with E-state index >= 15 is 0 Å². The molecule has 1 fully saturated rings. The Morgan fingerprint density at radius 1 is 1.26 bits per heavy atom. The minimum Gasteiger partial charge on any atom is -0.444 e. The van der Waals surface area contributed by atoms with Crippen LogP contribution in [0.5, 0.6) is 0 Å². The molecule has 0 saturated heterocycles. The highest BCUT2D eigenvalue weighted by Crippen LogP contribution is 2.40. The van der Waals surface area contributed by atoms with Gasteiger partial charge in [-0.15, -0.1) is 10.2 Å². The summed E-state index contributed by atoms with van der Waals surface area (Å²) in [6, 6.07) is 0. The zero-order valence-electron chi connectivity index (χ0n) is 11.3. The Kier molecular flexibility index (Phi) is 3.12. The van der Waals surface area contributed by atoms with Crippen molar-refractivity contribution in [1.29, 1.82) is 0 Å². The molecule has 0 atom stereocenters. The van der Waals surface area contributed by atoms with Gasteiger partial charge in [0.15, 0.2) is 0 Å². The van der Waals surface area contributed by atoms with E-state index in [0.29, 0.717) is 22.8 Å².